The fourth-order valence-corrected chi connectivity index (χ4v) is 1.86. The van der Waals surface area contributed by atoms with Gasteiger partial charge in [-0.05, 0) is 25.5 Å². The maximum atomic E-state index is 12.0. The van der Waals surface area contributed by atoms with Crippen LogP contribution in [0.15, 0.2) is 36.4 Å². The molecule has 1 amide bonds. The normalized spacial score (nSPS) is 10.6. The van der Waals surface area contributed by atoms with Gasteiger partial charge >= 0.3 is 6.01 Å². The minimum atomic E-state index is -0.223. The fourth-order valence-electron chi connectivity index (χ4n) is 1.86. The zero-order valence-corrected chi connectivity index (χ0v) is 12.3. The smallest absolute Gasteiger partial charge is 0.316 e. The quantitative estimate of drug-likeness (QED) is 0.876. The van der Waals surface area contributed by atoms with Gasteiger partial charge in [-0.1, -0.05) is 30.3 Å². The third-order valence-corrected chi connectivity index (χ3v) is 2.91. The Morgan fingerprint density at radius 3 is 2.33 bits per heavy atom. The van der Waals surface area contributed by atoms with Crippen molar-refractivity contribution in [2.45, 2.75) is 13.8 Å². The summed E-state index contributed by atoms with van der Waals surface area (Å²) in [5, 5.41) is 2.79. The summed E-state index contributed by atoms with van der Waals surface area (Å²) in [4.78, 5) is 20.3. The topological polar surface area (TPSA) is 64.1 Å². The summed E-state index contributed by atoms with van der Waals surface area (Å²) >= 11 is 0. The number of nitrogens with one attached hydrogen (secondary N) is 1. The molecule has 0 bridgehead atoms. The molecule has 1 aromatic carbocycles. The SMILES string of the molecule is COc1nc(C)c(NC(=O)/C=C/c2ccccc2)c(C)n1. The molecule has 0 fully saturated rings. The van der Waals surface area contributed by atoms with Gasteiger partial charge in [0.15, 0.2) is 0 Å². The van der Waals surface area contributed by atoms with Crippen molar-refractivity contribution in [2.24, 2.45) is 0 Å². The molecule has 0 atom stereocenters. The van der Waals surface area contributed by atoms with Crippen LogP contribution in [0, 0.1) is 13.8 Å². The summed E-state index contributed by atoms with van der Waals surface area (Å²) in [6, 6.07) is 9.92. The number of amides is 1. The summed E-state index contributed by atoms with van der Waals surface area (Å²) in [6.45, 7) is 3.60. The molecule has 0 saturated carbocycles. The average molecular weight is 283 g/mol. The third-order valence-electron chi connectivity index (χ3n) is 2.91. The molecule has 0 spiro atoms. The largest absolute Gasteiger partial charge is 0.467 e. The standard InChI is InChI=1S/C16H17N3O2/c1-11-15(12(2)18-16(17-11)21-3)19-14(20)10-9-13-7-5-4-6-8-13/h4-10H,1-3H3,(H,19,20)/b10-9+. The molecule has 2 aromatic rings. The van der Waals surface area contributed by atoms with Crippen LogP contribution >= 0.6 is 0 Å². The summed E-state index contributed by atoms with van der Waals surface area (Å²) in [5.74, 6) is -0.223. The van der Waals surface area contributed by atoms with Crippen molar-refractivity contribution in [3.05, 3.63) is 53.4 Å². The second-order valence-corrected chi connectivity index (χ2v) is 4.49. The van der Waals surface area contributed by atoms with Crippen LogP contribution in [0.3, 0.4) is 0 Å². The van der Waals surface area contributed by atoms with Crippen molar-refractivity contribution in [2.75, 3.05) is 12.4 Å². The monoisotopic (exact) mass is 283 g/mol. The van der Waals surface area contributed by atoms with Crippen LogP contribution < -0.4 is 10.1 Å². The van der Waals surface area contributed by atoms with Gasteiger partial charge in [0, 0.05) is 6.08 Å². The van der Waals surface area contributed by atoms with E-state index in [4.69, 9.17) is 4.74 Å². The number of methoxy groups -OCH3 is 1. The van der Waals surface area contributed by atoms with Crippen molar-refractivity contribution in [1.82, 2.24) is 9.97 Å². The lowest BCUT2D eigenvalue weighted by Gasteiger charge is -2.10. The number of benzene rings is 1. The molecular formula is C16H17N3O2. The van der Waals surface area contributed by atoms with Crippen molar-refractivity contribution < 1.29 is 9.53 Å². The molecule has 1 N–H and O–H groups in total. The zero-order chi connectivity index (χ0) is 15.2. The van der Waals surface area contributed by atoms with Gasteiger partial charge in [-0.2, -0.15) is 9.97 Å². The molecule has 1 heterocycles. The lowest BCUT2D eigenvalue weighted by molar-refractivity contribution is -0.111. The number of ether oxygens (including phenoxy) is 1. The van der Waals surface area contributed by atoms with Crippen LogP contribution in [-0.2, 0) is 4.79 Å². The van der Waals surface area contributed by atoms with Gasteiger partial charge in [0.05, 0.1) is 24.2 Å². The first kappa shape index (κ1) is 14.7. The lowest BCUT2D eigenvalue weighted by Crippen LogP contribution is -2.12. The first-order valence-electron chi connectivity index (χ1n) is 6.53. The number of hydrogen-bond donors (Lipinski definition) is 1. The van der Waals surface area contributed by atoms with Crippen LogP contribution in [0.5, 0.6) is 6.01 Å². The van der Waals surface area contributed by atoms with Gasteiger partial charge in [0.25, 0.3) is 0 Å². The number of carbonyl (C=O) groups excluding carboxylic acids is 1. The Morgan fingerprint density at radius 2 is 1.76 bits per heavy atom. The Bertz CT molecular complexity index is 643. The molecule has 5 heteroatoms. The van der Waals surface area contributed by atoms with Gasteiger partial charge in [-0.15, -0.1) is 0 Å². The van der Waals surface area contributed by atoms with Crippen molar-refractivity contribution in [3.63, 3.8) is 0 Å². The highest BCUT2D eigenvalue weighted by Crippen LogP contribution is 2.19. The van der Waals surface area contributed by atoms with Gasteiger partial charge < -0.3 is 10.1 Å². The predicted molar refractivity (Wildman–Crippen MR) is 82.2 cm³/mol. The van der Waals surface area contributed by atoms with Crippen LogP contribution in [0.25, 0.3) is 6.08 Å². The van der Waals surface area contributed by atoms with E-state index in [0.717, 1.165) is 5.56 Å². The number of carbonyl (C=O) groups is 1. The van der Waals surface area contributed by atoms with Gasteiger partial charge in [-0.3, -0.25) is 4.79 Å². The maximum absolute atomic E-state index is 12.0. The van der Waals surface area contributed by atoms with E-state index < -0.39 is 0 Å². The number of aryl methyl sites for hydroxylation is 2. The van der Waals surface area contributed by atoms with Crippen molar-refractivity contribution >= 4 is 17.7 Å². The molecule has 1 aromatic heterocycles. The molecule has 0 unspecified atom stereocenters. The second kappa shape index (κ2) is 6.65. The number of hydrogen-bond acceptors (Lipinski definition) is 4. The molecule has 0 aliphatic carbocycles. The number of aromatic nitrogens is 2. The molecule has 0 aliphatic rings. The van der Waals surface area contributed by atoms with E-state index in [1.165, 1.54) is 13.2 Å². The van der Waals surface area contributed by atoms with Crippen LogP contribution in [0.2, 0.25) is 0 Å². The van der Waals surface area contributed by atoms with E-state index in [2.05, 4.69) is 15.3 Å². The highest BCUT2D eigenvalue weighted by atomic mass is 16.5. The van der Waals surface area contributed by atoms with E-state index in [0.29, 0.717) is 23.1 Å². The summed E-state index contributed by atoms with van der Waals surface area (Å²) in [6.07, 6.45) is 3.24. The minimum absolute atomic E-state index is 0.223. The highest BCUT2D eigenvalue weighted by molar-refractivity contribution is 6.02. The van der Waals surface area contributed by atoms with E-state index >= 15 is 0 Å². The molecule has 0 saturated heterocycles. The molecule has 2 rings (SSSR count). The third kappa shape index (κ3) is 3.89. The highest BCUT2D eigenvalue weighted by Gasteiger charge is 2.10. The Morgan fingerprint density at radius 1 is 1.14 bits per heavy atom. The predicted octanol–water partition coefficient (Wildman–Crippen LogP) is 2.75. The van der Waals surface area contributed by atoms with E-state index in [1.807, 2.05) is 30.3 Å². The van der Waals surface area contributed by atoms with Gasteiger partial charge in [0.2, 0.25) is 5.91 Å². The molecule has 21 heavy (non-hydrogen) atoms. The Kier molecular flexibility index (Phi) is 4.66. The summed E-state index contributed by atoms with van der Waals surface area (Å²) in [7, 11) is 1.51. The number of anilines is 1. The van der Waals surface area contributed by atoms with Crippen LogP contribution in [0.4, 0.5) is 5.69 Å². The number of rotatable bonds is 4. The Balaban J connectivity index is 2.11. The van der Waals surface area contributed by atoms with Gasteiger partial charge in [0.1, 0.15) is 0 Å². The minimum Gasteiger partial charge on any atom is -0.467 e. The van der Waals surface area contributed by atoms with Crippen molar-refractivity contribution in [3.8, 4) is 6.01 Å². The summed E-state index contributed by atoms with van der Waals surface area (Å²) in [5.41, 5.74) is 2.91. The first-order valence-corrected chi connectivity index (χ1v) is 6.53. The average Bonchev–Trinajstić information content (AvgIpc) is 2.49. The molecule has 0 radical (unpaired) electrons. The molecule has 108 valence electrons. The van der Waals surface area contributed by atoms with Crippen LogP contribution in [0.1, 0.15) is 17.0 Å². The molecule has 0 aliphatic heterocycles. The molecule has 5 nitrogen and oxygen atoms in total. The fraction of sp³-hybridized carbons (Fsp3) is 0.188. The van der Waals surface area contributed by atoms with Gasteiger partial charge in [-0.25, -0.2) is 0 Å². The Hall–Kier alpha value is -2.69. The maximum Gasteiger partial charge on any atom is 0.316 e. The van der Waals surface area contributed by atoms with E-state index in [1.54, 1.807) is 19.9 Å². The summed E-state index contributed by atoms with van der Waals surface area (Å²) < 4.78 is 4.99. The lowest BCUT2D eigenvalue weighted by atomic mass is 10.2. The van der Waals surface area contributed by atoms with E-state index in [9.17, 15) is 4.79 Å². The first-order chi connectivity index (χ1) is 10.1. The van der Waals surface area contributed by atoms with Crippen LogP contribution in [-0.4, -0.2) is 23.0 Å². The van der Waals surface area contributed by atoms with E-state index in [-0.39, 0.29) is 5.91 Å². The molecular weight excluding hydrogens is 266 g/mol. The second-order valence-electron chi connectivity index (χ2n) is 4.49. The Labute approximate surface area is 123 Å². The zero-order valence-electron chi connectivity index (χ0n) is 12.3. The van der Waals surface area contributed by atoms with Crippen molar-refractivity contribution in [1.29, 1.82) is 0 Å². The number of nitrogens with zero attached hydrogens (tertiary/aromatic N) is 2.